The molecule has 0 fully saturated rings. The van der Waals surface area contributed by atoms with E-state index in [0.29, 0.717) is 3.70 Å². The Labute approximate surface area is 75.4 Å². The van der Waals surface area contributed by atoms with Crippen LogP contribution in [0.1, 0.15) is 12.1 Å². The molecule has 0 saturated carbocycles. The summed E-state index contributed by atoms with van der Waals surface area (Å²) in [6.07, 6.45) is -2.72. The first-order valence-corrected chi connectivity index (χ1v) is 3.82. The van der Waals surface area contributed by atoms with Crippen molar-refractivity contribution in [3.8, 4) is 5.75 Å². The molecule has 0 aliphatic rings. The summed E-state index contributed by atoms with van der Waals surface area (Å²) in [6, 6.07) is 2.66. The van der Waals surface area contributed by atoms with Crippen molar-refractivity contribution in [1.29, 1.82) is 0 Å². The predicted molar refractivity (Wildman–Crippen MR) is 43.6 cm³/mol. The molecule has 1 heterocycles. The molecule has 1 aromatic heterocycles. The Kier molecular flexibility index (Phi) is 2.58. The van der Waals surface area contributed by atoms with Gasteiger partial charge >= 0.3 is 0 Å². The lowest BCUT2D eigenvalue weighted by molar-refractivity contribution is 0.141. The molecule has 0 aromatic carbocycles. The molecule has 60 valence electrons. The molecular formula is C6H4F2INO. The van der Waals surface area contributed by atoms with Gasteiger partial charge in [-0.3, -0.25) is 0 Å². The quantitative estimate of drug-likeness (QED) is 0.628. The molecule has 2 nitrogen and oxygen atoms in total. The second kappa shape index (κ2) is 3.29. The Balaban J connectivity index is 3.13. The zero-order chi connectivity index (χ0) is 8.43. The van der Waals surface area contributed by atoms with Crippen molar-refractivity contribution in [3.05, 3.63) is 21.5 Å². The molecular weight excluding hydrogens is 267 g/mol. The number of aromatic nitrogens is 1. The van der Waals surface area contributed by atoms with Crippen molar-refractivity contribution >= 4 is 22.6 Å². The van der Waals surface area contributed by atoms with Gasteiger partial charge in [0.2, 0.25) is 0 Å². The summed E-state index contributed by atoms with van der Waals surface area (Å²) in [6.45, 7) is 0. The highest BCUT2D eigenvalue weighted by molar-refractivity contribution is 14.1. The van der Waals surface area contributed by atoms with Gasteiger partial charge in [-0.05, 0) is 34.7 Å². The minimum Gasteiger partial charge on any atom is -0.506 e. The topological polar surface area (TPSA) is 33.1 Å². The van der Waals surface area contributed by atoms with E-state index in [2.05, 4.69) is 4.98 Å². The summed E-state index contributed by atoms with van der Waals surface area (Å²) in [5.41, 5.74) is -0.558. The van der Waals surface area contributed by atoms with E-state index in [4.69, 9.17) is 5.11 Å². The number of nitrogens with zero attached hydrogens (tertiary/aromatic N) is 1. The van der Waals surface area contributed by atoms with Crippen LogP contribution in [0.2, 0.25) is 0 Å². The van der Waals surface area contributed by atoms with E-state index in [1.165, 1.54) is 12.1 Å². The van der Waals surface area contributed by atoms with Crippen LogP contribution in [0.3, 0.4) is 0 Å². The van der Waals surface area contributed by atoms with E-state index in [9.17, 15) is 8.78 Å². The second-order valence-corrected chi connectivity index (χ2v) is 2.94. The molecule has 1 aromatic rings. The number of rotatable bonds is 1. The number of aromatic hydroxyl groups is 1. The third-order valence-corrected chi connectivity index (χ3v) is 1.68. The van der Waals surface area contributed by atoms with E-state index in [1.807, 2.05) is 0 Å². The third-order valence-electron chi connectivity index (χ3n) is 1.08. The number of pyridine rings is 1. The van der Waals surface area contributed by atoms with Gasteiger partial charge in [0.25, 0.3) is 6.43 Å². The van der Waals surface area contributed by atoms with E-state index in [1.54, 1.807) is 22.6 Å². The molecule has 0 atom stereocenters. The van der Waals surface area contributed by atoms with Crippen LogP contribution >= 0.6 is 22.6 Å². The number of hydrogen-bond acceptors (Lipinski definition) is 2. The normalized spacial score (nSPS) is 10.5. The molecule has 1 N–H and O–H groups in total. The lowest BCUT2D eigenvalue weighted by Crippen LogP contribution is -1.92. The molecule has 0 radical (unpaired) electrons. The minimum atomic E-state index is -2.72. The molecule has 0 unspecified atom stereocenters. The van der Waals surface area contributed by atoms with Crippen molar-refractivity contribution in [3.63, 3.8) is 0 Å². The van der Waals surface area contributed by atoms with Crippen molar-refractivity contribution < 1.29 is 13.9 Å². The number of alkyl halides is 2. The highest BCUT2D eigenvalue weighted by Crippen LogP contribution is 2.26. The predicted octanol–water partition coefficient (Wildman–Crippen LogP) is 2.33. The van der Waals surface area contributed by atoms with Gasteiger partial charge in [-0.15, -0.1) is 0 Å². The van der Waals surface area contributed by atoms with Crippen LogP contribution in [0.25, 0.3) is 0 Å². The first-order valence-electron chi connectivity index (χ1n) is 2.75. The molecule has 1 rings (SSSR count). The fraction of sp³-hybridized carbons (Fsp3) is 0.167. The van der Waals surface area contributed by atoms with Gasteiger partial charge in [-0.25, -0.2) is 13.8 Å². The number of hydrogen-bond donors (Lipinski definition) is 1. The Hall–Kier alpha value is -0.460. The maximum Gasteiger partial charge on any atom is 0.284 e. The van der Waals surface area contributed by atoms with Crippen molar-refractivity contribution in [1.82, 2.24) is 4.98 Å². The van der Waals surface area contributed by atoms with Crippen molar-refractivity contribution in [2.75, 3.05) is 0 Å². The van der Waals surface area contributed by atoms with Gasteiger partial charge in [0.15, 0.2) is 0 Å². The van der Waals surface area contributed by atoms with Crippen molar-refractivity contribution in [2.24, 2.45) is 0 Å². The fourth-order valence-electron chi connectivity index (χ4n) is 0.603. The fourth-order valence-corrected chi connectivity index (χ4v) is 1.04. The van der Waals surface area contributed by atoms with Crippen LogP contribution in [-0.4, -0.2) is 10.1 Å². The Bertz CT molecular complexity index is 267. The van der Waals surface area contributed by atoms with Crippen molar-refractivity contribution in [2.45, 2.75) is 6.43 Å². The maximum atomic E-state index is 12.0. The molecule has 5 heteroatoms. The van der Waals surface area contributed by atoms with Gasteiger partial charge in [0, 0.05) is 0 Å². The molecule has 0 bridgehead atoms. The van der Waals surface area contributed by atoms with Crippen LogP contribution in [0, 0.1) is 3.70 Å². The first-order chi connectivity index (χ1) is 5.11. The molecule has 0 saturated heterocycles. The summed E-state index contributed by atoms with van der Waals surface area (Å²) >= 11 is 1.80. The summed E-state index contributed by atoms with van der Waals surface area (Å²) < 4.78 is 24.4. The average Bonchev–Trinajstić information content (AvgIpc) is 1.94. The summed E-state index contributed by atoms with van der Waals surface area (Å²) in [7, 11) is 0. The van der Waals surface area contributed by atoms with Crippen LogP contribution in [0.4, 0.5) is 8.78 Å². The highest BCUT2D eigenvalue weighted by Gasteiger charge is 2.14. The molecule has 0 aliphatic carbocycles. The Morgan fingerprint density at radius 1 is 1.45 bits per heavy atom. The Morgan fingerprint density at radius 2 is 2.09 bits per heavy atom. The lowest BCUT2D eigenvalue weighted by Gasteiger charge is -2.01. The number of halogens is 3. The van der Waals surface area contributed by atoms with E-state index >= 15 is 0 Å². The third kappa shape index (κ3) is 1.98. The molecule has 11 heavy (non-hydrogen) atoms. The van der Waals surface area contributed by atoms with Gasteiger partial charge < -0.3 is 5.11 Å². The van der Waals surface area contributed by atoms with Gasteiger partial charge in [0.1, 0.15) is 15.1 Å². The highest BCUT2D eigenvalue weighted by atomic mass is 127. The zero-order valence-electron chi connectivity index (χ0n) is 5.26. The van der Waals surface area contributed by atoms with E-state index in [0.717, 1.165) is 0 Å². The van der Waals surface area contributed by atoms with E-state index < -0.39 is 17.9 Å². The van der Waals surface area contributed by atoms with Gasteiger partial charge in [-0.1, -0.05) is 0 Å². The van der Waals surface area contributed by atoms with E-state index in [-0.39, 0.29) is 0 Å². The second-order valence-electron chi connectivity index (χ2n) is 1.84. The summed E-state index contributed by atoms with van der Waals surface area (Å²) in [4.78, 5) is 3.46. The monoisotopic (exact) mass is 271 g/mol. The maximum absolute atomic E-state index is 12.0. The van der Waals surface area contributed by atoms with Crippen LogP contribution in [-0.2, 0) is 0 Å². The first kappa shape index (κ1) is 8.63. The van der Waals surface area contributed by atoms with Crippen LogP contribution in [0.5, 0.6) is 5.75 Å². The standard InChI is InChI=1S/C6H4F2INO/c7-6(8)5-3(11)1-2-4(9)10-5/h1-2,6,11H. The summed E-state index contributed by atoms with van der Waals surface area (Å²) in [5, 5.41) is 8.86. The summed E-state index contributed by atoms with van der Waals surface area (Å²) in [5.74, 6) is -0.458. The molecule has 0 amide bonds. The molecule has 0 aliphatic heterocycles. The van der Waals surface area contributed by atoms with Gasteiger partial charge in [0.05, 0.1) is 0 Å². The Morgan fingerprint density at radius 3 is 2.55 bits per heavy atom. The zero-order valence-corrected chi connectivity index (χ0v) is 7.42. The average molecular weight is 271 g/mol. The smallest absolute Gasteiger partial charge is 0.284 e. The minimum absolute atomic E-state index is 0.440. The SMILES string of the molecule is Oc1ccc(I)nc1C(F)F. The van der Waals surface area contributed by atoms with Gasteiger partial charge in [-0.2, -0.15) is 0 Å². The molecule has 0 spiro atoms. The van der Waals surface area contributed by atoms with Crippen LogP contribution < -0.4 is 0 Å². The lowest BCUT2D eigenvalue weighted by atomic mass is 10.3. The largest absolute Gasteiger partial charge is 0.506 e. The van der Waals surface area contributed by atoms with Crippen LogP contribution in [0.15, 0.2) is 12.1 Å².